The van der Waals surface area contributed by atoms with E-state index in [4.69, 9.17) is 4.74 Å². The van der Waals surface area contributed by atoms with Crippen molar-refractivity contribution in [2.75, 3.05) is 13.2 Å². The van der Waals surface area contributed by atoms with Crippen LogP contribution in [0.3, 0.4) is 0 Å². The number of aryl methyl sites for hydroxylation is 2. The van der Waals surface area contributed by atoms with Crippen LogP contribution in [0.1, 0.15) is 45.2 Å². The summed E-state index contributed by atoms with van der Waals surface area (Å²) in [4.78, 5) is 35.0. The molecule has 2 N–H and O–H groups in total. The van der Waals surface area contributed by atoms with Crippen molar-refractivity contribution in [3.8, 4) is 5.75 Å². The molecule has 0 fully saturated rings. The maximum absolute atomic E-state index is 12.2. The number of hydrogen-bond donors (Lipinski definition) is 2. The van der Waals surface area contributed by atoms with E-state index in [0.29, 0.717) is 17.7 Å². The number of phenols is 1. The lowest BCUT2D eigenvalue weighted by Crippen LogP contribution is -2.21. The third-order valence-electron chi connectivity index (χ3n) is 4.07. The highest BCUT2D eigenvalue weighted by Gasteiger charge is 2.13. The highest BCUT2D eigenvalue weighted by atomic mass is 16.5. The number of phenolic OH excluding ortho intramolecular Hbond substituents is 1. The van der Waals surface area contributed by atoms with Gasteiger partial charge in [0, 0.05) is 19.0 Å². The van der Waals surface area contributed by atoms with Crippen LogP contribution in [0.4, 0.5) is 0 Å². The molecule has 0 heterocycles. The predicted molar refractivity (Wildman–Crippen MR) is 101 cm³/mol. The minimum absolute atomic E-state index is 0.00451. The van der Waals surface area contributed by atoms with Crippen LogP contribution in [0.15, 0.2) is 42.5 Å². The van der Waals surface area contributed by atoms with Crippen molar-refractivity contribution in [3.05, 3.63) is 64.7 Å². The maximum atomic E-state index is 12.2. The number of carbonyl (C=O) groups excluding carboxylic acids is 3. The van der Waals surface area contributed by atoms with E-state index in [1.54, 1.807) is 25.1 Å². The molecule has 0 aliphatic rings. The average molecular weight is 369 g/mol. The van der Waals surface area contributed by atoms with Crippen LogP contribution in [0, 0.1) is 6.92 Å². The van der Waals surface area contributed by atoms with Crippen molar-refractivity contribution >= 4 is 17.7 Å². The summed E-state index contributed by atoms with van der Waals surface area (Å²) in [6.07, 6.45) is 1.61. The quantitative estimate of drug-likeness (QED) is 0.424. The molecule has 0 saturated heterocycles. The fourth-order valence-corrected chi connectivity index (χ4v) is 2.45. The molecule has 27 heavy (non-hydrogen) atoms. The molecule has 0 aromatic heterocycles. The van der Waals surface area contributed by atoms with Gasteiger partial charge in [-0.25, -0.2) is 4.79 Å². The first-order valence-corrected chi connectivity index (χ1v) is 8.70. The van der Waals surface area contributed by atoms with E-state index in [0.717, 1.165) is 18.4 Å². The van der Waals surface area contributed by atoms with Crippen LogP contribution in [-0.2, 0) is 16.0 Å². The van der Waals surface area contributed by atoms with E-state index in [1.807, 2.05) is 12.1 Å². The number of ether oxygens (including phenoxy) is 1. The lowest BCUT2D eigenvalue weighted by atomic mass is 10.1. The Bertz CT molecular complexity index is 827. The number of carbonyl (C=O) groups is 3. The third-order valence-corrected chi connectivity index (χ3v) is 4.07. The molecule has 0 saturated carbocycles. The van der Waals surface area contributed by atoms with Gasteiger partial charge >= 0.3 is 5.97 Å². The summed E-state index contributed by atoms with van der Waals surface area (Å²) in [5.74, 6) is -1.01. The normalized spacial score (nSPS) is 10.3. The molecule has 142 valence electrons. The number of Topliss-reactive ketones (excluding diaryl/α,β-unsaturated/α-hetero) is 1. The molecule has 0 bridgehead atoms. The van der Waals surface area contributed by atoms with Crippen molar-refractivity contribution < 1.29 is 24.2 Å². The van der Waals surface area contributed by atoms with Gasteiger partial charge in [0.25, 0.3) is 0 Å². The molecule has 6 heteroatoms. The second-order valence-corrected chi connectivity index (χ2v) is 6.28. The van der Waals surface area contributed by atoms with Crippen LogP contribution in [0.2, 0.25) is 0 Å². The zero-order chi connectivity index (χ0) is 19.8. The third kappa shape index (κ3) is 6.26. The number of nitrogens with one attached hydrogen (secondary N) is 1. The minimum atomic E-state index is -0.659. The molecule has 0 atom stereocenters. The fourth-order valence-electron chi connectivity index (χ4n) is 2.45. The number of rotatable bonds is 8. The summed E-state index contributed by atoms with van der Waals surface area (Å²) < 4.78 is 5.03. The summed E-state index contributed by atoms with van der Waals surface area (Å²) in [6, 6.07) is 11.6. The first-order valence-electron chi connectivity index (χ1n) is 8.70. The summed E-state index contributed by atoms with van der Waals surface area (Å²) in [5, 5.41) is 12.4. The van der Waals surface area contributed by atoms with Gasteiger partial charge < -0.3 is 15.2 Å². The van der Waals surface area contributed by atoms with E-state index < -0.39 is 5.97 Å². The van der Waals surface area contributed by atoms with Crippen LogP contribution in [0.25, 0.3) is 0 Å². The summed E-state index contributed by atoms with van der Waals surface area (Å²) in [7, 11) is 0. The molecule has 2 aromatic rings. The van der Waals surface area contributed by atoms with Gasteiger partial charge in [0.05, 0.1) is 5.56 Å². The highest BCUT2D eigenvalue weighted by Crippen LogP contribution is 2.18. The van der Waals surface area contributed by atoms with Crippen LogP contribution in [-0.4, -0.2) is 35.9 Å². The van der Waals surface area contributed by atoms with E-state index in [-0.39, 0.29) is 29.6 Å². The predicted octanol–water partition coefficient (Wildman–Crippen LogP) is 2.81. The van der Waals surface area contributed by atoms with E-state index in [1.165, 1.54) is 19.1 Å². The van der Waals surface area contributed by atoms with Crippen molar-refractivity contribution in [3.63, 3.8) is 0 Å². The molecule has 0 aliphatic heterocycles. The van der Waals surface area contributed by atoms with E-state index in [2.05, 4.69) is 5.32 Å². The Morgan fingerprint density at radius 3 is 2.33 bits per heavy atom. The Balaban J connectivity index is 1.83. The van der Waals surface area contributed by atoms with Gasteiger partial charge in [-0.2, -0.15) is 0 Å². The highest BCUT2D eigenvalue weighted by molar-refractivity contribution is 5.99. The second-order valence-electron chi connectivity index (χ2n) is 6.28. The maximum Gasteiger partial charge on any atom is 0.338 e. The van der Waals surface area contributed by atoms with Gasteiger partial charge in [0.2, 0.25) is 5.91 Å². The largest absolute Gasteiger partial charge is 0.508 e. The number of benzene rings is 2. The Morgan fingerprint density at radius 2 is 1.70 bits per heavy atom. The van der Waals surface area contributed by atoms with Gasteiger partial charge in [0.15, 0.2) is 12.4 Å². The van der Waals surface area contributed by atoms with E-state index >= 15 is 0 Å². The molecule has 0 radical (unpaired) electrons. The number of esters is 1. The zero-order valence-corrected chi connectivity index (χ0v) is 15.5. The van der Waals surface area contributed by atoms with Gasteiger partial charge in [0.1, 0.15) is 5.75 Å². The molecule has 0 aliphatic carbocycles. The molecule has 6 nitrogen and oxygen atoms in total. The fraction of sp³-hybridized carbons (Fsp3) is 0.286. The molecule has 2 aromatic carbocycles. The van der Waals surface area contributed by atoms with Gasteiger partial charge in [-0.1, -0.05) is 30.3 Å². The lowest BCUT2D eigenvalue weighted by Gasteiger charge is -2.07. The lowest BCUT2D eigenvalue weighted by molar-refractivity contribution is -0.118. The smallest absolute Gasteiger partial charge is 0.338 e. The molecule has 0 spiro atoms. The number of amides is 1. The summed E-state index contributed by atoms with van der Waals surface area (Å²) in [6.45, 7) is 3.45. The van der Waals surface area contributed by atoms with Crippen LogP contribution in [0.5, 0.6) is 5.75 Å². The van der Waals surface area contributed by atoms with Crippen LogP contribution < -0.4 is 5.32 Å². The zero-order valence-electron chi connectivity index (χ0n) is 15.5. The number of ketones is 1. The van der Waals surface area contributed by atoms with Gasteiger partial charge in [-0.05, 0) is 43.0 Å². The average Bonchev–Trinajstić information content (AvgIpc) is 2.65. The standard InChI is InChI=1S/C21H23NO5/c1-14-5-8-18(12-19(14)24)21(26)27-13-20(25)17-9-6-16(7-10-17)4-3-11-22-15(2)23/h5-10,12,24H,3-4,11,13H2,1-2H3,(H,22,23). The molecule has 2 rings (SSSR count). The second kappa shape index (κ2) is 9.52. The molecular weight excluding hydrogens is 346 g/mol. The van der Waals surface area contributed by atoms with Crippen molar-refractivity contribution in [1.82, 2.24) is 5.32 Å². The molecule has 0 unspecified atom stereocenters. The summed E-state index contributed by atoms with van der Waals surface area (Å²) >= 11 is 0. The number of aromatic hydroxyl groups is 1. The van der Waals surface area contributed by atoms with Crippen molar-refractivity contribution in [1.29, 1.82) is 0 Å². The van der Waals surface area contributed by atoms with E-state index in [9.17, 15) is 19.5 Å². The minimum Gasteiger partial charge on any atom is -0.508 e. The first kappa shape index (κ1) is 20.2. The molecular formula is C21H23NO5. The monoisotopic (exact) mass is 369 g/mol. The first-order chi connectivity index (χ1) is 12.9. The number of hydrogen-bond acceptors (Lipinski definition) is 5. The Hall–Kier alpha value is -3.15. The van der Waals surface area contributed by atoms with Gasteiger partial charge in [-0.3, -0.25) is 9.59 Å². The van der Waals surface area contributed by atoms with Crippen molar-refractivity contribution in [2.45, 2.75) is 26.7 Å². The SMILES string of the molecule is CC(=O)NCCCc1ccc(C(=O)COC(=O)c2ccc(C)c(O)c2)cc1. The van der Waals surface area contributed by atoms with Gasteiger partial charge in [-0.15, -0.1) is 0 Å². The Labute approximate surface area is 158 Å². The summed E-state index contributed by atoms with van der Waals surface area (Å²) in [5.41, 5.74) is 2.37. The Kier molecular flexibility index (Phi) is 7.11. The Morgan fingerprint density at radius 1 is 1.04 bits per heavy atom. The van der Waals surface area contributed by atoms with Crippen LogP contribution >= 0.6 is 0 Å². The van der Waals surface area contributed by atoms with Crippen molar-refractivity contribution in [2.24, 2.45) is 0 Å². The topological polar surface area (TPSA) is 92.7 Å². The molecule has 1 amide bonds.